The van der Waals surface area contributed by atoms with E-state index in [4.69, 9.17) is 13.9 Å². The van der Waals surface area contributed by atoms with E-state index in [2.05, 4.69) is 22.1 Å². The first-order chi connectivity index (χ1) is 20.8. The summed E-state index contributed by atoms with van der Waals surface area (Å²) in [5.41, 5.74) is 2.32. The van der Waals surface area contributed by atoms with Crippen LogP contribution in [0.4, 0.5) is 0 Å². The molecule has 2 aliphatic rings. The maximum atomic E-state index is 13.2. The molecule has 43 heavy (non-hydrogen) atoms. The molecule has 4 aromatic rings. The molecule has 2 fully saturated rings. The number of carbonyl (C=O) groups excluding carboxylic acids is 1. The molecule has 3 heterocycles. The molecule has 1 saturated heterocycles. The first kappa shape index (κ1) is 29.5. The van der Waals surface area contributed by atoms with Gasteiger partial charge in [0.2, 0.25) is 0 Å². The zero-order valence-corrected chi connectivity index (χ0v) is 25.1. The summed E-state index contributed by atoms with van der Waals surface area (Å²) in [6.45, 7) is 7.56. The predicted octanol–water partition coefficient (Wildman–Crippen LogP) is 5.39. The molecular formula is C34H43N3O6. The summed E-state index contributed by atoms with van der Waals surface area (Å²) in [6.07, 6.45) is 5.85. The number of rotatable bonds is 10. The standard InChI is InChI=1S/C34H43N3O6/c1-3-41-25-7-8-26-23(21-43-32(26)17-25)20-42-31-6-4-5-28-27(31)18-29(36-28)33(39)35-24-9-12-34(40,13-10-24)14-16-37-15-11-30(38)22(2)19-37/h4-8,17-18,21-22,24,30,36,38,40H,3,9-16,19-20H2,1-2H3,(H,35,39)/t22-,24-,30-,34+/m0/s1. The smallest absolute Gasteiger partial charge is 0.267 e. The van der Waals surface area contributed by atoms with Crippen LogP contribution in [0, 0.1) is 5.92 Å². The van der Waals surface area contributed by atoms with Gasteiger partial charge in [0.15, 0.2) is 0 Å². The minimum absolute atomic E-state index is 0.0256. The number of amides is 1. The number of hydrogen-bond donors (Lipinski definition) is 4. The number of fused-ring (bicyclic) bond motifs is 2. The first-order valence-electron chi connectivity index (χ1n) is 15.6. The highest BCUT2D eigenvalue weighted by Gasteiger charge is 2.35. The zero-order valence-electron chi connectivity index (χ0n) is 25.1. The molecule has 6 rings (SSSR count). The normalized spacial score (nSPS) is 24.8. The van der Waals surface area contributed by atoms with Crippen molar-refractivity contribution < 1.29 is 28.9 Å². The molecule has 0 radical (unpaired) electrons. The molecule has 1 aliphatic carbocycles. The van der Waals surface area contributed by atoms with E-state index in [1.807, 2.05) is 49.4 Å². The van der Waals surface area contributed by atoms with Gasteiger partial charge in [-0.25, -0.2) is 0 Å². The summed E-state index contributed by atoms with van der Waals surface area (Å²) >= 11 is 0. The number of likely N-dealkylation sites (tertiary alicyclic amines) is 1. The number of hydrogen-bond acceptors (Lipinski definition) is 7. The second kappa shape index (κ2) is 12.6. The average Bonchev–Trinajstić information content (AvgIpc) is 3.63. The molecule has 2 aromatic carbocycles. The highest BCUT2D eigenvalue weighted by Crippen LogP contribution is 2.33. The highest BCUT2D eigenvalue weighted by atomic mass is 16.5. The van der Waals surface area contributed by atoms with Gasteiger partial charge in [-0.15, -0.1) is 0 Å². The third kappa shape index (κ3) is 6.69. The molecule has 2 aromatic heterocycles. The van der Waals surface area contributed by atoms with Crippen LogP contribution in [-0.4, -0.2) is 70.0 Å². The number of nitrogens with one attached hydrogen (secondary N) is 2. The van der Waals surface area contributed by atoms with Crippen LogP contribution >= 0.6 is 0 Å². The number of H-pyrrole nitrogens is 1. The molecule has 1 aliphatic heterocycles. The molecule has 0 unspecified atom stereocenters. The zero-order chi connectivity index (χ0) is 30.0. The molecule has 230 valence electrons. The average molecular weight is 590 g/mol. The van der Waals surface area contributed by atoms with Crippen LogP contribution in [0.3, 0.4) is 0 Å². The lowest BCUT2D eigenvalue weighted by atomic mass is 9.80. The molecule has 9 heteroatoms. The fraction of sp³-hybridized carbons (Fsp3) is 0.500. The molecule has 2 atom stereocenters. The molecule has 4 N–H and O–H groups in total. The maximum Gasteiger partial charge on any atom is 0.267 e. The lowest BCUT2D eigenvalue weighted by Crippen LogP contribution is -2.47. The Bertz CT molecular complexity index is 1550. The van der Waals surface area contributed by atoms with E-state index in [9.17, 15) is 15.0 Å². The van der Waals surface area contributed by atoms with Crippen molar-refractivity contribution >= 4 is 27.8 Å². The van der Waals surface area contributed by atoms with Crippen molar-refractivity contribution in [2.45, 2.75) is 76.7 Å². The van der Waals surface area contributed by atoms with Gasteiger partial charge < -0.3 is 39.3 Å². The van der Waals surface area contributed by atoms with Crippen molar-refractivity contribution in [2.75, 3.05) is 26.2 Å². The van der Waals surface area contributed by atoms with Gasteiger partial charge in [-0.2, -0.15) is 0 Å². The third-order valence-electron chi connectivity index (χ3n) is 9.28. The van der Waals surface area contributed by atoms with Crippen LogP contribution in [0.5, 0.6) is 11.5 Å². The molecule has 9 nitrogen and oxygen atoms in total. The van der Waals surface area contributed by atoms with Gasteiger partial charge in [-0.1, -0.05) is 13.0 Å². The van der Waals surface area contributed by atoms with Crippen molar-refractivity contribution in [3.63, 3.8) is 0 Å². The summed E-state index contributed by atoms with van der Waals surface area (Å²) in [5.74, 6) is 1.58. The Morgan fingerprint density at radius 3 is 2.77 bits per heavy atom. The Labute approximate surface area is 252 Å². The van der Waals surface area contributed by atoms with Crippen molar-refractivity contribution in [1.82, 2.24) is 15.2 Å². The van der Waals surface area contributed by atoms with E-state index in [-0.39, 0.29) is 24.0 Å². The monoisotopic (exact) mass is 589 g/mol. The number of aliphatic hydroxyl groups is 2. The van der Waals surface area contributed by atoms with E-state index >= 15 is 0 Å². The fourth-order valence-electron chi connectivity index (χ4n) is 6.56. The van der Waals surface area contributed by atoms with Gasteiger partial charge >= 0.3 is 0 Å². The van der Waals surface area contributed by atoms with Crippen molar-refractivity contribution in [3.05, 3.63) is 60.0 Å². The van der Waals surface area contributed by atoms with Gasteiger partial charge in [-0.3, -0.25) is 4.79 Å². The van der Waals surface area contributed by atoms with Gasteiger partial charge in [0.1, 0.15) is 29.4 Å². The molecule has 0 spiro atoms. The third-order valence-corrected chi connectivity index (χ3v) is 9.28. The first-order valence-corrected chi connectivity index (χ1v) is 15.6. The van der Waals surface area contributed by atoms with E-state index in [1.54, 1.807) is 6.26 Å². The van der Waals surface area contributed by atoms with Crippen molar-refractivity contribution in [1.29, 1.82) is 0 Å². The second-order valence-corrected chi connectivity index (χ2v) is 12.4. The van der Waals surface area contributed by atoms with Gasteiger partial charge in [-0.05, 0) is 81.7 Å². The van der Waals surface area contributed by atoms with Crippen LogP contribution in [0.15, 0.2) is 53.1 Å². The van der Waals surface area contributed by atoms with E-state index in [0.717, 1.165) is 78.5 Å². The number of aliphatic hydroxyl groups excluding tert-OH is 1. The maximum absolute atomic E-state index is 13.2. The van der Waals surface area contributed by atoms with Crippen LogP contribution in [0.1, 0.15) is 68.4 Å². The van der Waals surface area contributed by atoms with E-state index < -0.39 is 5.60 Å². The van der Waals surface area contributed by atoms with Gasteiger partial charge in [0, 0.05) is 53.6 Å². The van der Waals surface area contributed by atoms with Gasteiger partial charge in [0.05, 0.1) is 24.6 Å². The molecule has 1 amide bonds. The van der Waals surface area contributed by atoms with E-state index in [1.165, 1.54) is 0 Å². The second-order valence-electron chi connectivity index (χ2n) is 12.4. The number of furan rings is 1. The van der Waals surface area contributed by atoms with Gasteiger partial charge in [0.25, 0.3) is 5.91 Å². The SMILES string of the molecule is CCOc1ccc2c(COc3cccc4[nH]c(C(=O)N[C@H]5CC[C@](O)(CCN6CC[C@H](O)[C@@H](C)C6)CC5)cc34)coc2c1. The Hall–Kier alpha value is -3.53. The number of piperidine rings is 1. The minimum atomic E-state index is -0.695. The van der Waals surface area contributed by atoms with Crippen LogP contribution in [-0.2, 0) is 6.61 Å². The number of nitrogens with zero attached hydrogens (tertiary/aromatic N) is 1. The van der Waals surface area contributed by atoms with Crippen LogP contribution in [0.2, 0.25) is 0 Å². The summed E-state index contributed by atoms with van der Waals surface area (Å²) in [7, 11) is 0. The van der Waals surface area contributed by atoms with Crippen molar-refractivity contribution in [3.8, 4) is 11.5 Å². The lowest BCUT2D eigenvalue weighted by Gasteiger charge is -2.39. The quantitative estimate of drug-likeness (QED) is 0.196. The highest BCUT2D eigenvalue weighted by molar-refractivity contribution is 5.99. The Kier molecular flexibility index (Phi) is 8.66. The largest absolute Gasteiger partial charge is 0.494 e. The Balaban J connectivity index is 1.03. The van der Waals surface area contributed by atoms with Crippen molar-refractivity contribution in [2.24, 2.45) is 5.92 Å². The molecule has 0 bridgehead atoms. The topological polar surface area (TPSA) is 120 Å². The minimum Gasteiger partial charge on any atom is -0.494 e. The lowest BCUT2D eigenvalue weighted by molar-refractivity contribution is -0.0272. The number of aromatic amines is 1. The summed E-state index contributed by atoms with van der Waals surface area (Å²) in [6, 6.07) is 13.4. The molecule has 1 saturated carbocycles. The number of carbonyl (C=O) groups is 1. The Morgan fingerprint density at radius 2 is 1.98 bits per heavy atom. The predicted molar refractivity (Wildman–Crippen MR) is 166 cm³/mol. The summed E-state index contributed by atoms with van der Waals surface area (Å²) < 4.78 is 17.5. The van der Waals surface area contributed by atoms with Crippen LogP contribution < -0.4 is 14.8 Å². The summed E-state index contributed by atoms with van der Waals surface area (Å²) in [4.78, 5) is 18.8. The van der Waals surface area contributed by atoms with E-state index in [0.29, 0.717) is 37.5 Å². The number of benzene rings is 2. The molecular weight excluding hydrogens is 546 g/mol. The van der Waals surface area contributed by atoms with Crippen LogP contribution in [0.25, 0.3) is 21.9 Å². The number of aromatic nitrogens is 1. The fourth-order valence-corrected chi connectivity index (χ4v) is 6.56. The summed E-state index contributed by atoms with van der Waals surface area (Å²) in [5, 5.41) is 26.2. The Morgan fingerprint density at radius 1 is 1.14 bits per heavy atom. The number of ether oxygens (including phenoxy) is 2.